The summed E-state index contributed by atoms with van der Waals surface area (Å²) in [5.41, 5.74) is 2.01. The second kappa shape index (κ2) is 6.95. The Morgan fingerprint density at radius 2 is 1.83 bits per heavy atom. The average Bonchev–Trinajstić information content (AvgIpc) is 2.57. The predicted molar refractivity (Wildman–Crippen MR) is 98.8 cm³/mol. The minimum atomic E-state index is -1.15. The molecule has 128 valence electrons. The van der Waals surface area contributed by atoms with Crippen molar-refractivity contribution in [3.05, 3.63) is 42.5 Å². The van der Waals surface area contributed by atoms with E-state index >= 15 is 0 Å². The Hall–Kier alpha value is -1.85. The van der Waals surface area contributed by atoms with Gasteiger partial charge in [0.15, 0.2) is 0 Å². The van der Waals surface area contributed by atoms with Crippen molar-refractivity contribution in [2.75, 3.05) is 39.2 Å². The summed E-state index contributed by atoms with van der Waals surface area (Å²) in [5.74, 6) is 1.26. The summed E-state index contributed by atoms with van der Waals surface area (Å²) >= 11 is 0. The van der Waals surface area contributed by atoms with Crippen LogP contribution in [0.2, 0.25) is 0 Å². The Bertz CT molecular complexity index is 761. The Labute approximate surface area is 146 Å². The first kappa shape index (κ1) is 17.0. The van der Waals surface area contributed by atoms with Gasteiger partial charge < -0.3 is 14.5 Å². The van der Waals surface area contributed by atoms with E-state index in [1.54, 1.807) is 7.11 Å². The molecular formula is C19H24N2O2S. The summed E-state index contributed by atoms with van der Waals surface area (Å²) < 4.78 is 18.3. The minimum Gasteiger partial charge on any atom is -0.497 e. The summed E-state index contributed by atoms with van der Waals surface area (Å²) in [6.07, 6.45) is 0. The number of anilines is 2. The van der Waals surface area contributed by atoms with Gasteiger partial charge in [0.1, 0.15) is 5.75 Å². The van der Waals surface area contributed by atoms with Crippen LogP contribution in [0.4, 0.5) is 11.4 Å². The van der Waals surface area contributed by atoms with Crippen molar-refractivity contribution in [2.45, 2.75) is 16.7 Å². The first-order chi connectivity index (χ1) is 11.5. The van der Waals surface area contributed by atoms with Crippen LogP contribution in [-0.2, 0) is 10.8 Å². The van der Waals surface area contributed by atoms with E-state index in [-0.39, 0.29) is 0 Å². The van der Waals surface area contributed by atoms with Crippen molar-refractivity contribution in [1.82, 2.24) is 4.90 Å². The molecule has 0 amide bonds. The van der Waals surface area contributed by atoms with Crippen molar-refractivity contribution >= 4 is 22.2 Å². The fourth-order valence-electron chi connectivity index (χ4n) is 3.27. The maximum atomic E-state index is 13.0. The normalized spacial score (nSPS) is 17.4. The minimum absolute atomic E-state index is 0.471. The fourth-order valence-corrected chi connectivity index (χ4v) is 4.62. The third-order valence-corrected chi connectivity index (χ3v) is 5.67. The van der Waals surface area contributed by atoms with E-state index in [0.29, 0.717) is 5.92 Å². The molecule has 0 bridgehead atoms. The van der Waals surface area contributed by atoms with Gasteiger partial charge in [-0.3, -0.25) is 0 Å². The lowest BCUT2D eigenvalue weighted by molar-refractivity contribution is 0.342. The molecule has 3 rings (SSSR count). The SMILES string of the molecule is COc1ccc2c(c1)N(C[C@@H](C)CN(C)C)c1ccccc1S2=O. The zero-order valence-electron chi connectivity index (χ0n) is 14.7. The van der Waals surface area contributed by atoms with E-state index in [1.165, 1.54) is 0 Å². The van der Waals surface area contributed by atoms with Crippen molar-refractivity contribution in [3.8, 4) is 5.75 Å². The van der Waals surface area contributed by atoms with E-state index in [4.69, 9.17) is 4.74 Å². The zero-order chi connectivity index (χ0) is 17.3. The number of para-hydroxylation sites is 1. The summed E-state index contributed by atoms with van der Waals surface area (Å²) in [4.78, 5) is 6.22. The molecule has 1 unspecified atom stereocenters. The van der Waals surface area contributed by atoms with Crippen LogP contribution in [0.25, 0.3) is 0 Å². The molecule has 1 heterocycles. The van der Waals surface area contributed by atoms with Crippen LogP contribution in [0.3, 0.4) is 0 Å². The lowest BCUT2D eigenvalue weighted by atomic mass is 10.1. The average molecular weight is 344 g/mol. The maximum Gasteiger partial charge on any atom is 0.121 e. The number of hydrogen-bond acceptors (Lipinski definition) is 4. The van der Waals surface area contributed by atoms with Gasteiger partial charge in [0, 0.05) is 19.2 Å². The molecule has 24 heavy (non-hydrogen) atoms. The second-order valence-corrected chi connectivity index (χ2v) is 7.97. The Morgan fingerprint density at radius 1 is 1.12 bits per heavy atom. The zero-order valence-corrected chi connectivity index (χ0v) is 15.5. The summed E-state index contributed by atoms with van der Waals surface area (Å²) in [7, 11) is 4.69. The van der Waals surface area contributed by atoms with Crippen molar-refractivity contribution in [1.29, 1.82) is 0 Å². The number of benzene rings is 2. The van der Waals surface area contributed by atoms with Crippen LogP contribution >= 0.6 is 0 Å². The standard InChI is InChI=1S/C19H24N2O2S/c1-14(12-20(2)3)13-21-16-7-5-6-8-18(16)24(22)19-10-9-15(23-4)11-17(19)21/h5-11,14H,12-13H2,1-4H3/t14-,24?/m0/s1. The van der Waals surface area contributed by atoms with Gasteiger partial charge in [-0.1, -0.05) is 19.1 Å². The molecule has 1 aliphatic heterocycles. The molecule has 0 saturated heterocycles. The second-order valence-electron chi connectivity index (χ2n) is 6.55. The third kappa shape index (κ3) is 3.19. The molecule has 4 nitrogen and oxygen atoms in total. The monoisotopic (exact) mass is 344 g/mol. The molecule has 5 heteroatoms. The van der Waals surface area contributed by atoms with Crippen LogP contribution in [0.15, 0.2) is 52.3 Å². The molecule has 2 atom stereocenters. The maximum absolute atomic E-state index is 13.0. The van der Waals surface area contributed by atoms with Crippen LogP contribution in [0, 0.1) is 5.92 Å². The van der Waals surface area contributed by atoms with Crippen LogP contribution in [0.1, 0.15) is 6.92 Å². The number of hydrogen-bond donors (Lipinski definition) is 0. The van der Waals surface area contributed by atoms with Crippen LogP contribution < -0.4 is 9.64 Å². The number of nitrogens with zero attached hydrogens (tertiary/aromatic N) is 2. The fraction of sp³-hybridized carbons (Fsp3) is 0.368. The summed E-state index contributed by atoms with van der Waals surface area (Å²) in [6, 6.07) is 13.8. The highest BCUT2D eigenvalue weighted by molar-refractivity contribution is 7.85. The van der Waals surface area contributed by atoms with Gasteiger partial charge in [-0.2, -0.15) is 0 Å². The molecule has 0 N–H and O–H groups in total. The first-order valence-corrected chi connectivity index (χ1v) is 9.27. The summed E-state index contributed by atoms with van der Waals surface area (Å²) in [6.45, 7) is 4.11. The Morgan fingerprint density at radius 3 is 2.54 bits per heavy atom. The van der Waals surface area contributed by atoms with Gasteiger partial charge in [0.2, 0.25) is 0 Å². The molecule has 0 saturated carbocycles. The van der Waals surface area contributed by atoms with Crippen molar-refractivity contribution < 1.29 is 8.95 Å². The first-order valence-electron chi connectivity index (χ1n) is 8.12. The van der Waals surface area contributed by atoms with E-state index in [0.717, 1.165) is 40.0 Å². The highest BCUT2D eigenvalue weighted by Crippen LogP contribution is 2.43. The Kier molecular flexibility index (Phi) is 4.92. The molecule has 2 aromatic carbocycles. The van der Waals surface area contributed by atoms with E-state index in [1.807, 2.05) is 36.4 Å². The number of ether oxygens (including phenoxy) is 1. The number of fused-ring (bicyclic) bond motifs is 2. The molecule has 0 radical (unpaired) electrons. The third-order valence-electron chi connectivity index (χ3n) is 4.18. The van der Waals surface area contributed by atoms with Gasteiger partial charge in [-0.05, 0) is 44.3 Å². The van der Waals surface area contributed by atoms with Crippen LogP contribution in [-0.4, -0.2) is 43.4 Å². The smallest absolute Gasteiger partial charge is 0.121 e. The van der Waals surface area contributed by atoms with Crippen molar-refractivity contribution in [3.63, 3.8) is 0 Å². The molecule has 0 aliphatic carbocycles. The lowest BCUT2D eigenvalue weighted by Gasteiger charge is -2.35. The lowest BCUT2D eigenvalue weighted by Crippen LogP contribution is -2.32. The van der Waals surface area contributed by atoms with Gasteiger partial charge in [0.25, 0.3) is 0 Å². The molecule has 1 aliphatic rings. The van der Waals surface area contributed by atoms with E-state index < -0.39 is 10.8 Å². The van der Waals surface area contributed by atoms with Gasteiger partial charge in [-0.25, -0.2) is 4.21 Å². The molecule has 2 aromatic rings. The molecular weight excluding hydrogens is 320 g/mol. The molecule has 0 spiro atoms. The van der Waals surface area contributed by atoms with Gasteiger partial charge in [-0.15, -0.1) is 0 Å². The largest absolute Gasteiger partial charge is 0.497 e. The van der Waals surface area contributed by atoms with Crippen molar-refractivity contribution in [2.24, 2.45) is 5.92 Å². The molecule has 0 aromatic heterocycles. The summed E-state index contributed by atoms with van der Waals surface area (Å²) in [5, 5.41) is 0. The highest BCUT2D eigenvalue weighted by atomic mass is 32.2. The van der Waals surface area contributed by atoms with E-state index in [2.05, 4.69) is 36.9 Å². The highest BCUT2D eigenvalue weighted by Gasteiger charge is 2.29. The van der Waals surface area contributed by atoms with Gasteiger partial charge in [0.05, 0.1) is 39.1 Å². The topological polar surface area (TPSA) is 32.8 Å². The number of methoxy groups -OCH3 is 1. The van der Waals surface area contributed by atoms with Crippen LogP contribution in [0.5, 0.6) is 5.75 Å². The quantitative estimate of drug-likeness (QED) is 0.831. The molecule has 0 fully saturated rings. The van der Waals surface area contributed by atoms with E-state index in [9.17, 15) is 4.21 Å². The Balaban J connectivity index is 2.06. The predicted octanol–water partition coefficient (Wildman–Crippen LogP) is 3.51. The van der Waals surface area contributed by atoms with Gasteiger partial charge >= 0.3 is 0 Å². The number of rotatable bonds is 5.